The highest BCUT2D eigenvalue weighted by molar-refractivity contribution is 7.22. The van der Waals surface area contributed by atoms with Crippen molar-refractivity contribution in [2.75, 3.05) is 19.1 Å². The van der Waals surface area contributed by atoms with E-state index in [0.717, 1.165) is 21.3 Å². The van der Waals surface area contributed by atoms with Gasteiger partial charge in [0, 0.05) is 12.4 Å². The Bertz CT molecular complexity index is 1390. The molecule has 166 valence electrons. The summed E-state index contributed by atoms with van der Waals surface area (Å²) in [6.07, 6.45) is 3.43. The van der Waals surface area contributed by atoms with E-state index in [9.17, 15) is 4.79 Å². The number of ether oxygens (including phenoxy) is 2. The third-order valence-electron chi connectivity index (χ3n) is 5.20. The average Bonchev–Trinajstić information content (AvgIpc) is 3.47. The Balaban J connectivity index is 1.56. The number of anilines is 1. The van der Waals surface area contributed by atoms with Crippen LogP contribution < -0.4 is 14.4 Å². The van der Waals surface area contributed by atoms with Crippen LogP contribution in [0.15, 0.2) is 60.9 Å². The number of amides is 1. The van der Waals surface area contributed by atoms with Gasteiger partial charge in [-0.3, -0.25) is 14.7 Å². The molecule has 9 nitrogen and oxygen atoms in total. The maximum Gasteiger partial charge on any atom is 0.250 e. The van der Waals surface area contributed by atoms with Crippen molar-refractivity contribution in [3.63, 3.8) is 0 Å². The lowest BCUT2D eigenvalue weighted by atomic mass is 10.2. The van der Waals surface area contributed by atoms with Crippen LogP contribution in [0.3, 0.4) is 0 Å². The van der Waals surface area contributed by atoms with Gasteiger partial charge in [-0.1, -0.05) is 34.7 Å². The summed E-state index contributed by atoms with van der Waals surface area (Å²) in [7, 11) is 3.20. The highest BCUT2D eigenvalue weighted by Crippen LogP contribution is 2.40. The zero-order valence-electron chi connectivity index (χ0n) is 18.0. The van der Waals surface area contributed by atoms with E-state index in [2.05, 4.69) is 15.3 Å². The zero-order chi connectivity index (χ0) is 22.8. The molecule has 0 unspecified atom stereocenters. The van der Waals surface area contributed by atoms with Crippen LogP contribution in [0.1, 0.15) is 5.56 Å². The molecule has 0 N–H and O–H groups in total. The molecule has 1 amide bonds. The first-order chi connectivity index (χ1) is 16.2. The molecule has 0 radical (unpaired) electrons. The van der Waals surface area contributed by atoms with Gasteiger partial charge in [0.1, 0.15) is 33.8 Å². The number of hydrogen-bond acceptors (Lipinski definition) is 8. The summed E-state index contributed by atoms with van der Waals surface area (Å²) in [6, 6.07) is 14.9. The summed E-state index contributed by atoms with van der Waals surface area (Å²) in [6.45, 7) is 0.328. The van der Waals surface area contributed by atoms with Crippen molar-refractivity contribution in [2.24, 2.45) is 0 Å². The summed E-state index contributed by atoms with van der Waals surface area (Å²) < 4.78 is 13.4. The van der Waals surface area contributed by atoms with Crippen molar-refractivity contribution in [3.8, 4) is 11.5 Å². The lowest BCUT2D eigenvalue weighted by molar-refractivity contribution is -0.119. The summed E-state index contributed by atoms with van der Waals surface area (Å²) in [5.41, 5.74) is 3.05. The molecule has 2 aromatic carbocycles. The van der Waals surface area contributed by atoms with Gasteiger partial charge in [0.2, 0.25) is 0 Å². The SMILES string of the molecule is COc1ccc(OC)c2sc(N(Cc3cccnc3)C(=O)Cn3nnc4ccccc43)nc12. The summed E-state index contributed by atoms with van der Waals surface area (Å²) in [5.74, 6) is 1.11. The molecule has 0 saturated heterocycles. The van der Waals surface area contributed by atoms with Crippen molar-refractivity contribution in [1.82, 2.24) is 25.0 Å². The lowest BCUT2D eigenvalue weighted by Crippen LogP contribution is -2.33. The van der Waals surface area contributed by atoms with Crippen LogP contribution in [0.2, 0.25) is 0 Å². The van der Waals surface area contributed by atoms with Crippen LogP contribution in [0.5, 0.6) is 11.5 Å². The van der Waals surface area contributed by atoms with E-state index in [1.54, 1.807) is 42.3 Å². The minimum atomic E-state index is -0.175. The molecule has 33 heavy (non-hydrogen) atoms. The number of hydrogen-bond donors (Lipinski definition) is 0. The fraction of sp³-hybridized carbons (Fsp3) is 0.174. The van der Waals surface area contributed by atoms with Crippen LogP contribution in [-0.2, 0) is 17.9 Å². The van der Waals surface area contributed by atoms with Gasteiger partial charge in [0.25, 0.3) is 5.91 Å². The Kier molecular flexibility index (Phi) is 5.57. The lowest BCUT2D eigenvalue weighted by Gasteiger charge is -2.20. The van der Waals surface area contributed by atoms with Crippen molar-refractivity contribution >= 4 is 43.6 Å². The van der Waals surface area contributed by atoms with E-state index >= 15 is 0 Å². The van der Waals surface area contributed by atoms with Gasteiger partial charge in [-0.2, -0.15) is 0 Å². The molecule has 0 spiro atoms. The van der Waals surface area contributed by atoms with E-state index < -0.39 is 0 Å². The minimum absolute atomic E-state index is 0.0188. The first-order valence-corrected chi connectivity index (χ1v) is 11.0. The molecule has 0 bridgehead atoms. The molecule has 0 aliphatic carbocycles. The number of methoxy groups -OCH3 is 2. The van der Waals surface area contributed by atoms with Gasteiger partial charge < -0.3 is 9.47 Å². The smallest absolute Gasteiger partial charge is 0.250 e. The predicted molar refractivity (Wildman–Crippen MR) is 126 cm³/mol. The fourth-order valence-electron chi connectivity index (χ4n) is 3.57. The molecule has 5 rings (SSSR count). The number of fused-ring (bicyclic) bond motifs is 2. The predicted octanol–water partition coefficient (Wildman–Crippen LogP) is 3.69. The van der Waals surface area contributed by atoms with E-state index in [4.69, 9.17) is 14.5 Å². The third kappa shape index (κ3) is 3.96. The molecule has 0 aliphatic rings. The van der Waals surface area contributed by atoms with Gasteiger partial charge in [-0.05, 0) is 35.9 Å². The fourth-order valence-corrected chi connectivity index (χ4v) is 4.67. The third-order valence-corrected chi connectivity index (χ3v) is 6.29. The van der Waals surface area contributed by atoms with E-state index in [0.29, 0.717) is 28.7 Å². The van der Waals surface area contributed by atoms with Gasteiger partial charge in [0.05, 0.1) is 26.3 Å². The number of aromatic nitrogens is 5. The summed E-state index contributed by atoms with van der Waals surface area (Å²) in [5, 5.41) is 8.85. The minimum Gasteiger partial charge on any atom is -0.495 e. The molecule has 5 aromatic rings. The number of benzene rings is 2. The van der Waals surface area contributed by atoms with Crippen LogP contribution in [0.25, 0.3) is 21.3 Å². The summed E-state index contributed by atoms with van der Waals surface area (Å²) in [4.78, 5) is 24.1. The Morgan fingerprint density at radius 2 is 1.88 bits per heavy atom. The Labute approximate surface area is 193 Å². The second-order valence-corrected chi connectivity index (χ2v) is 8.20. The Hall–Kier alpha value is -4.05. The Morgan fingerprint density at radius 3 is 2.67 bits per heavy atom. The number of carbonyl (C=O) groups excluding carboxylic acids is 1. The quantitative estimate of drug-likeness (QED) is 0.366. The van der Waals surface area contributed by atoms with Crippen LogP contribution in [0.4, 0.5) is 5.13 Å². The molecule has 3 aromatic heterocycles. The number of rotatable bonds is 7. The normalized spacial score (nSPS) is 11.1. The summed E-state index contributed by atoms with van der Waals surface area (Å²) >= 11 is 1.37. The van der Waals surface area contributed by atoms with E-state index in [1.165, 1.54) is 11.3 Å². The topological polar surface area (TPSA) is 95.3 Å². The van der Waals surface area contributed by atoms with E-state index in [1.807, 2.05) is 42.5 Å². The van der Waals surface area contributed by atoms with Crippen molar-refractivity contribution in [1.29, 1.82) is 0 Å². The molecular weight excluding hydrogens is 440 g/mol. The highest BCUT2D eigenvalue weighted by Gasteiger charge is 2.24. The van der Waals surface area contributed by atoms with Crippen molar-refractivity contribution in [3.05, 3.63) is 66.5 Å². The molecule has 0 fully saturated rings. The van der Waals surface area contributed by atoms with Crippen LogP contribution in [-0.4, -0.2) is 45.1 Å². The second-order valence-electron chi connectivity index (χ2n) is 7.22. The van der Waals surface area contributed by atoms with Gasteiger partial charge in [-0.25, -0.2) is 9.67 Å². The average molecular weight is 461 g/mol. The van der Waals surface area contributed by atoms with Gasteiger partial charge in [0.15, 0.2) is 5.13 Å². The molecule has 0 aliphatic heterocycles. The van der Waals surface area contributed by atoms with Crippen LogP contribution in [0, 0.1) is 0 Å². The maximum absolute atomic E-state index is 13.6. The molecular formula is C23H20N6O3S. The molecule has 0 atom stereocenters. The number of pyridine rings is 1. The molecule has 3 heterocycles. The zero-order valence-corrected chi connectivity index (χ0v) is 18.8. The van der Waals surface area contributed by atoms with Crippen molar-refractivity contribution < 1.29 is 14.3 Å². The molecule has 0 saturated carbocycles. The van der Waals surface area contributed by atoms with Crippen LogP contribution >= 0.6 is 11.3 Å². The largest absolute Gasteiger partial charge is 0.495 e. The van der Waals surface area contributed by atoms with Gasteiger partial charge >= 0.3 is 0 Å². The van der Waals surface area contributed by atoms with Gasteiger partial charge in [-0.15, -0.1) is 5.10 Å². The van der Waals surface area contributed by atoms with Crippen molar-refractivity contribution in [2.45, 2.75) is 13.1 Å². The monoisotopic (exact) mass is 460 g/mol. The molecule has 10 heteroatoms. The first kappa shape index (κ1) is 20.8. The number of thiazole rings is 1. The number of nitrogens with zero attached hydrogens (tertiary/aromatic N) is 6. The number of para-hydroxylation sites is 1. The highest BCUT2D eigenvalue weighted by atomic mass is 32.1. The maximum atomic E-state index is 13.6. The second kappa shape index (κ2) is 8.83. The number of carbonyl (C=O) groups is 1. The first-order valence-electron chi connectivity index (χ1n) is 10.2. The van der Waals surface area contributed by atoms with E-state index in [-0.39, 0.29) is 12.5 Å². The Morgan fingerprint density at radius 1 is 1.06 bits per heavy atom. The standard InChI is InChI=1S/C23H20N6O3S/c1-31-18-9-10-19(32-2)22-21(18)25-23(33-22)28(13-15-6-5-11-24-12-15)20(30)14-29-17-8-4-3-7-16(17)26-27-29/h3-12H,13-14H2,1-2H3.